The molecule has 1 N–H and O–H groups in total. The van der Waals surface area contributed by atoms with Crippen molar-refractivity contribution >= 4 is 5.91 Å². The molecule has 27 heavy (non-hydrogen) atoms. The lowest BCUT2D eigenvalue weighted by Crippen LogP contribution is -2.24. The lowest BCUT2D eigenvalue weighted by molar-refractivity contribution is 0.0952. The smallest absolute Gasteiger partial charge is 0.251 e. The normalized spacial score (nSPS) is 10.3. The van der Waals surface area contributed by atoms with Crippen LogP contribution in [0, 0.1) is 0 Å². The summed E-state index contributed by atoms with van der Waals surface area (Å²) in [4.78, 5) is 12.4. The summed E-state index contributed by atoms with van der Waals surface area (Å²) in [5, 5.41) is 2.96. The topological polar surface area (TPSA) is 56.8 Å². The Morgan fingerprint density at radius 3 is 2.44 bits per heavy atom. The Morgan fingerprint density at radius 1 is 0.963 bits per heavy atom. The van der Waals surface area contributed by atoms with Crippen LogP contribution in [0.4, 0.5) is 0 Å². The minimum Gasteiger partial charge on any atom is -0.493 e. The Kier molecular flexibility index (Phi) is 8.49. The van der Waals surface area contributed by atoms with Crippen LogP contribution < -0.4 is 19.5 Å². The zero-order chi connectivity index (χ0) is 19.5. The molecule has 0 bridgehead atoms. The SMILES string of the molecule is CCCCCNC(=O)c1ccc(OCC)c(COc2ccccc2OC)c1. The highest BCUT2D eigenvalue weighted by molar-refractivity contribution is 5.94. The van der Waals surface area contributed by atoms with E-state index in [1.54, 1.807) is 13.2 Å². The number of ether oxygens (including phenoxy) is 3. The predicted molar refractivity (Wildman–Crippen MR) is 107 cm³/mol. The van der Waals surface area contributed by atoms with Crippen LogP contribution in [0.3, 0.4) is 0 Å². The summed E-state index contributed by atoms with van der Waals surface area (Å²) in [5.41, 5.74) is 1.43. The first-order chi connectivity index (χ1) is 13.2. The number of methoxy groups -OCH3 is 1. The molecule has 2 aromatic carbocycles. The van der Waals surface area contributed by atoms with Gasteiger partial charge in [0.1, 0.15) is 12.4 Å². The zero-order valence-electron chi connectivity index (χ0n) is 16.4. The first kappa shape index (κ1) is 20.6. The molecule has 0 spiro atoms. The fourth-order valence-electron chi connectivity index (χ4n) is 2.70. The van der Waals surface area contributed by atoms with Gasteiger partial charge in [-0.25, -0.2) is 0 Å². The zero-order valence-corrected chi connectivity index (χ0v) is 16.4. The quantitative estimate of drug-likeness (QED) is 0.587. The summed E-state index contributed by atoms with van der Waals surface area (Å²) in [6, 6.07) is 12.9. The fourth-order valence-corrected chi connectivity index (χ4v) is 2.70. The van der Waals surface area contributed by atoms with Crippen molar-refractivity contribution in [3.8, 4) is 17.2 Å². The molecule has 5 heteroatoms. The van der Waals surface area contributed by atoms with Gasteiger partial charge in [0.15, 0.2) is 11.5 Å². The average molecular weight is 371 g/mol. The number of carbonyl (C=O) groups excluding carboxylic acids is 1. The van der Waals surface area contributed by atoms with E-state index in [1.807, 2.05) is 43.3 Å². The van der Waals surface area contributed by atoms with Gasteiger partial charge in [-0.05, 0) is 43.7 Å². The Hall–Kier alpha value is -2.69. The maximum Gasteiger partial charge on any atom is 0.251 e. The highest BCUT2D eigenvalue weighted by Crippen LogP contribution is 2.28. The summed E-state index contributed by atoms with van der Waals surface area (Å²) >= 11 is 0. The maximum absolute atomic E-state index is 12.4. The molecule has 2 aromatic rings. The molecule has 0 aromatic heterocycles. The van der Waals surface area contributed by atoms with Crippen LogP contribution >= 0.6 is 0 Å². The van der Waals surface area contributed by atoms with Gasteiger partial charge in [-0.15, -0.1) is 0 Å². The molecule has 146 valence electrons. The molecule has 5 nitrogen and oxygen atoms in total. The number of nitrogens with one attached hydrogen (secondary N) is 1. The van der Waals surface area contributed by atoms with Gasteiger partial charge in [0.2, 0.25) is 0 Å². The number of hydrogen-bond donors (Lipinski definition) is 1. The van der Waals surface area contributed by atoms with Crippen LogP contribution in [0.25, 0.3) is 0 Å². The molecule has 0 saturated heterocycles. The third-order valence-electron chi connectivity index (χ3n) is 4.14. The van der Waals surface area contributed by atoms with E-state index in [2.05, 4.69) is 12.2 Å². The molecule has 0 aliphatic rings. The van der Waals surface area contributed by atoms with E-state index >= 15 is 0 Å². The minimum absolute atomic E-state index is 0.0762. The number of rotatable bonds is 11. The van der Waals surface area contributed by atoms with E-state index in [4.69, 9.17) is 14.2 Å². The Bertz CT molecular complexity index is 730. The van der Waals surface area contributed by atoms with Crippen molar-refractivity contribution in [2.75, 3.05) is 20.3 Å². The summed E-state index contributed by atoms with van der Waals surface area (Å²) in [6.07, 6.45) is 3.23. The molecule has 0 aliphatic heterocycles. The molecule has 1 amide bonds. The second-order valence-electron chi connectivity index (χ2n) is 6.16. The van der Waals surface area contributed by atoms with Crippen molar-refractivity contribution in [2.24, 2.45) is 0 Å². The van der Waals surface area contributed by atoms with E-state index < -0.39 is 0 Å². The van der Waals surface area contributed by atoms with Crippen molar-refractivity contribution in [3.63, 3.8) is 0 Å². The van der Waals surface area contributed by atoms with Crippen LogP contribution in [-0.4, -0.2) is 26.2 Å². The molecule has 0 fully saturated rings. The largest absolute Gasteiger partial charge is 0.493 e. The molecule has 0 aliphatic carbocycles. The second-order valence-corrected chi connectivity index (χ2v) is 6.16. The molecule has 0 radical (unpaired) electrons. The van der Waals surface area contributed by atoms with E-state index in [0.29, 0.717) is 30.2 Å². The van der Waals surface area contributed by atoms with Crippen molar-refractivity contribution < 1.29 is 19.0 Å². The standard InChI is InChI=1S/C22H29NO4/c1-4-6-9-14-23-22(24)17-12-13-19(26-5-2)18(15-17)16-27-21-11-8-7-10-20(21)25-3/h7-8,10-13,15H,4-6,9,14,16H2,1-3H3,(H,23,24). The van der Waals surface area contributed by atoms with Crippen molar-refractivity contribution in [3.05, 3.63) is 53.6 Å². The first-order valence-corrected chi connectivity index (χ1v) is 9.49. The van der Waals surface area contributed by atoms with Gasteiger partial charge in [-0.2, -0.15) is 0 Å². The number of benzene rings is 2. The number of hydrogen-bond acceptors (Lipinski definition) is 4. The Morgan fingerprint density at radius 2 is 1.74 bits per heavy atom. The van der Waals surface area contributed by atoms with Crippen molar-refractivity contribution in [1.29, 1.82) is 0 Å². The van der Waals surface area contributed by atoms with Crippen LogP contribution in [0.5, 0.6) is 17.2 Å². The highest BCUT2D eigenvalue weighted by Gasteiger charge is 2.12. The number of para-hydroxylation sites is 2. The second kappa shape index (κ2) is 11.1. The van der Waals surface area contributed by atoms with Crippen molar-refractivity contribution in [1.82, 2.24) is 5.32 Å². The molecular formula is C22H29NO4. The van der Waals surface area contributed by atoms with Gasteiger partial charge in [0, 0.05) is 17.7 Å². The fraction of sp³-hybridized carbons (Fsp3) is 0.409. The molecule has 0 atom stereocenters. The van der Waals surface area contributed by atoms with E-state index in [0.717, 1.165) is 30.6 Å². The summed E-state index contributed by atoms with van der Waals surface area (Å²) < 4.78 is 16.9. The number of amides is 1. The highest BCUT2D eigenvalue weighted by atomic mass is 16.5. The predicted octanol–water partition coefficient (Wildman–Crippen LogP) is 4.59. The van der Waals surface area contributed by atoms with Crippen LogP contribution in [0.15, 0.2) is 42.5 Å². The van der Waals surface area contributed by atoms with Gasteiger partial charge in [0.25, 0.3) is 5.91 Å². The number of carbonyl (C=O) groups is 1. The van der Waals surface area contributed by atoms with E-state index in [-0.39, 0.29) is 12.5 Å². The lowest BCUT2D eigenvalue weighted by Gasteiger charge is -2.14. The summed E-state index contributed by atoms with van der Waals surface area (Å²) in [6.45, 7) is 5.59. The number of unbranched alkanes of at least 4 members (excludes halogenated alkanes) is 2. The van der Waals surface area contributed by atoms with Gasteiger partial charge < -0.3 is 19.5 Å². The monoisotopic (exact) mass is 371 g/mol. The third kappa shape index (κ3) is 6.20. The third-order valence-corrected chi connectivity index (χ3v) is 4.14. The van der Waals surface area contributed by atoms with Gasteiger partial charge >= 0.3 is 0 Å². The van der Waals surface area contributed by atoms with Gasteiger partial charge in [-0.3, -0.25) is 4.79 Å². The summed E-state index contributed by atoms with van der Waals surface area (Å²) in [5.74, 6) is 1.96. The molecule has 2 rings (SSSR count). The first-order valence-electron chi connectivity index (χ1n) is 9.49. The molecule has 0 saturated carbocycles. The average Bonchev–Trinajstić information content (AvgIpc) is 2.70. The van der Waals surface area contributed by atoms with E-state index in [1.165, 1.54) is 0 Å². The Balaban J connectivity index is 2.11. The molecule has 0 heterocycles. The summed E-state index contributed by atoms with van der Waals surface area (Å²) in [7, 11) is 1.61. The molecule has 0 unspecified atom stereocenters. The van der Waals surface area contributed by atoms with Crippen LogP contribution in [0.1, 0.15) is 49.0 Å². The van der Waals surface area contributed by atoms with Crippen LogP contribution in [-0.2, 0) is 6.61 Å². The van der Waals surface area contributed by atoms with E-state index in [9.17, 15) is 4.79 Å². The molecular weight excluding hydrogens is 342 g/mol. The Labute approximate surface area is 161 Å². The maximum atomic E-state index is 12.4. The van der Waals surface area contributed by atoms with Gasteiger partial charge in [-0.1, -0.05) is 31.9 Å². The van der Waals surface area contributed by atoms with Crippen LogP contribution in [0.2, 0.25) is 0 Å². The minimum atomic E-state index is -0.0762. The lowest BCUT2D eigenvalue weighted by atomic mass is 10.1. The van der Waals surface area contributed by atoms with Crippen molar-refractivity contribution in [2.45, 2.75) is 39.7 Å². The van der Waals surface area contributed by atoms with Gasteiger partial charge in [0.05, 0.1) is 13.7 Å².